The van der Waals surface area contributed by atoms with Crippen molar-refractivity contribution >= 4 is 11.7 Å². The van der Waals surface area contributed by atoms with Crippen LogP contribution in [-0.4, -0.2) is 30.6 Å². The zero-order chi connectivity index (χ0) is 13.9. The van der Waals surface area contributed by atoms with Crippen molar-refractivity contribution in [1.82, 2.24) is 4.90 Å². The van der Waals surface area contributed by atoms with Gasteiger partial charge in [0.2, 0.25) is 0 Å². The molecule has 108 valence electrons. The van der Waals surface area contributed by atoms with E-state index in [1.807, 2.05) is 11.0 Å². The molecule has 0 spiro atoms. The molecule has 3 nitrogen and oxygen atoms in total. The summed E-state index contributed by atoms with van der Waals surface area (Å²) in [5.74, 6) is 0.634. The predicted octanol–water partition coefficient (Wildman–Crippen LogP) is 3.68. The van der Waals surface area contributed by atoms with E-state index < -0.39 is 0 Å². The van der Waals surface area contributed by atoms with Crippen LogP contribution < -0.4 is 4.90 Å². The fourth-order valence-electron chi connectivity index (χ4n) is 3.42. The largest absolute Gasteiger partial charge is 0.324 e. The van der Waals surface area contributed by atoms with Crippen LogP contribution in [-0.2, 0) is 6.42 Å². The Morgan fingerprint density at radius 2 is 2.00 bits per heavy atom. The Morgan fingerprint density at radius 3 is 2.85 bits per heavy atom. The van der Waals surface area contributed by atoms with Crippen molar-refractivity contribution < 1.29 is 4.79 Å². The summed E-state index contributed by atoms with van der Waals surface area (Å²) in [6.07, 6.45) is 5.76. The average molecular weight is 272 g/mol. The van der Waals surface area contributed by atoms with Crippen molar-refractivity contribution in [3.05, 3.63) is 29.8 Å². The van der Waals surface area contributed by atoms with Crippen LogP contribution in [0.25, 0.3) is 0 Å². The minimum atomic E-state index is 0.214. The summed E-state index contributed by atoms with van der Waals surface area (Å²) in [4.78, 5) is 16.9. The first-order valence-corrected chi connectivity index (χ1v) is 7.90. The molecule has 1 atom stereocenters. The summed E-state index contributed by atoms with van der Waals surface area (Å²) in [7, 11) is 0. The molecule has 20 heavy (non-hydrogen) atoms. The number of likely N-dealkylation sites (tertiary alicyclic amines) is 1. The van der Waals surface area contributed by atoms with Gasteiger partial charge in [-0.2, -0.15) is 0 Å². The first-order chi connectivity index (χ1) is 9.75. The maximum absolute atomic E-state index is 12.9. The van der Waals surface area contributed by atoms with Crippen LogP contribution in [0.15, 0.2) is 24.3 Å². The molecule has 0 saturated carbocycles. The number of aryl methyl sites for hydroxylation is 1. The molecule has 2 heterocycles. The lowest BCUT2D eigenvalue weighted by Crippen LogP contribution is -2.47. The SMILES string of the molecule is CC1CCCN(C(=O)N2CCCCc3ccccc32)C1. The molecule has 3 heteroatoms. The lowest BCUT2D eigenvalue weighted by Gasteiger charge is -2.35. The second kappa shape index (κ2) is 5.86. The molecule has 2 aliphatic heterocycles. The smallest absolute Gasteiger partial charge is 0.324 e. The highest BCUT2D eigenvalue weighted by molar-refractivity contribution is 5.93. The van der Waals surface area contributed by atoms with Gasteiger partial charge in [-0.05, 0) is 49.7 Å². The molecule has 0 aliphatic carbocycles. The summed E-state index contributed by atoms with van der Waals surface area (Å²) in [6.45, 7) is 4.94. The second-order valence-corrected chi connectivity index (χ2v) is 6.21. The number of carbonyl (C=O) groups excluding carboxylic acids is 1. The number of carbonyl (C=O) groups is 1. The first kappa shape index (κ1) is 13.5. The predicted molar refractivity (Wildman–Crippen MR) is 82.1 cm³/mol. The fraction of sp³-hybridized carbons (Fsp3) is 0.588. The molecule has 1 saturated heterocycles. The van der Waals surface area contributed by atoms with Crippen LogP contribution in [0, 0.1) is 5.92 Å². The van der Waals surface area contributed by atoms with Crippen molar-refractivity contribution in [3.8, 4) is 0 Å². The number of hydrogen-bond donors (Lipinski definition) is 0. The monoisotopic (exact) mass is 272 g/mol. The lowest BCUT2D eigenvalue weighted by atomic mass is 10.0. The van der Waals surface area contributed by atoms with Gasteiger partial charge in [0.1, 0.15) is 0 Å². The lowest BCUT2D eigenvalue weighted by molar-refractivity contribution is 0.176. The Morgan fingerprint density at radius 1 is 1.15 bits per heavy atom. The molecular weight excluding hydrogens is 248 g/mol. The highest BCUT2D eigenvalue weighted by atomic mass is 16.2. The first-order valence-electron chi connectivity index (χ1n) is 7.90. The molecular formula is C17H24N2O. The minimum Gasteiger partial charge on any atom is -0.324 e. The van der Waals surface area contributed by atoms with Gasteiger partial charge in [-0.15, -0.1) is 0 Å². The van der Waals surface area contributed by atoms with E-state index in [0.29, 0.717) is 5.92 Å². The molecule has 1 fully saturated rings. The number of hydrogen-bond acceptors (Lipinski definition) is 1. The van der Waals surface area contributed by atoms with Gasteiger partial charge in [-0.25, -0.2) is 4.79 Å². The van der Waals surface area contributed by atoms with Gasteiger partial charge < -0.3 is 4.90 Å². The van der Waals surface area contributed by atoms with Crippen LogP contribution in [0.4, 0.5) is 10.5 Å². The number of para-hydroxylation sites is 1. The third-order valence-corrected chi connectivity index (χ3v) is 4.52. The van der Waals surface area contributed by atoms with Gasteiger partial charge in [0.25, 0.3) is 0 Å². The number of piperidine rings is 1. The third-order valence-electron chi connectivity index (χ3n) is 4.52. The van der Waals surface area contributed by atoms with E-state index in [-0.39, 0.29) is 6.03 Å². The van der Waals surface area contributed by atoms with Crippen molar-refractivity contribution in [3.63, 3.8) is 0 Å². The number of amides is 2. The summed E-state index contributed by atoms with van der Waals surface area (Å²) in [5, 5.41) is 0. The summed E-state index contributed by atoms with van der Waals surface area (Å²) in [5.41, 5.74) is 2.46. The molecule has 1 unspecified atom stereocenters. The highest BCUT2D eigenvalue weighted by Gasteiger charge is 2.28. The van der Waals surface area contributed by atoms with E-state index in [9.17, 15) is 4.79 Å². The van der Waals surface area contributed by atoms with Crippen LogP contribution >= 0.6 is 0 Å². The minimum absolute atomic E-state index is 0.214. The van der Waals surface area contributed by atoms with E-state index in [1.54, 1.807) is 0 Å². The molecule has 2 amide bonds. The Balaban J connectivity index is 1.83. The summed E-state index contributed by atoms with van der Waals surface area (Å²) >= 11 is 0. The molecule has 0 radical (unpaired) electrons. The van der Waals surface area contributed by atoms with Crippen LogP contribution in [0.1, 0.15) is 38.2 Å². The standard InChI is InChI=1S/C17H24N2O/c1-14-7-6-11-18(13-14)17(20)19-12-5-4-9-15-8-2-3-10-16(15)19/h2-3,8,10,14H,4-7,9,11-13H2,1H3. The second-order valence-electron chi connectivity index (χ2n) is 6.21. The number of rotatable bonds is 0. The van der Waals surface area contributed by atoms with Crippen LogP contribution in [0.5, 0.6) is 0 Å². The van der Waals surface area contributed by atoms with Gasteiger partial charge in [0, 0.05) is 25.3 Å². The normalized spacial score (nSPS) is 23.1. The van der Waals surface area contributed by atoms with Crippen LogP contribution in [0.2, 0.25) is 0 Å². The zero-order valence-electron chi connectivity index (χ0n) is 12.3. The van der Waals surface area contributed by atoms with E-state index in [4.69, 9.17) is 0 Å². The summed E-state index contributed by atoms with van der Waals surface area (Å²) < 4.78 is 0. The maximum Gasteiger partial charge on any atom is 0.324 e. The Bertz CT molecular complexity index is 486. The topological polar surface area (TPSA) is 23.6 Å². The summed E-state index contributed by atoms with van der Waals surface area (Å²) in [6, 6.07) is 8.61. The number of urea groups is 1. The Labute approximate surface area is 121 Å². The van der Waals surface area contributed by atoms with Gasteiger partial charge in [0.15, 0.2) is 0 Å². The van der Waals surface area contributed by atoms with E-state index in [2.05, 4.69) is 30.0 Å². The molecule has 1 aromatic carbocycles. The van der Waals surface area contributed by atoms with Gasteiger partial charge in [-0.3, -0.25) is 4.90 Å². The van der Waals surface area contributed by atoms with Gasteiger partial charge in [0.05, 0.1) is 0 Å². The van der Waals surface area contributed by atoms with Gasteiger partial charge in [-0.1, -0.05) is 25.1 Å². The molecule has 1 aromatic rings. The number of nitrogens with zero attached hydrogens (tertiary/aromatic N) is 2. The van der Waals surface area contributed by atoms with Crippen molar-refractivity contribution in [2.75, 3.05) is 24.5 Å². The zero-order valence-corrected chi connectivity index (χ0v) is 12.3. The molecule has 2 aliphatic rings. The van der Waals surface area contributed by atoms with Crippen LogP contribution in [0.3, 0.4) is 0 Å². The molecule has 0 N–H and O–H groups in total. The Kier molecular flexibility index (Phi) is 3.95. The van der Waals surface area contributed by atoms with Crippen molar-refractivity contribution in [2.24, 2.45) is 5.92 Å². The number of fused-ring (bicyclic) bond motifs is 1. The third kappa shape index (κ3) is 2.67. The quantitative estimate of drug-likeness (QED) is 0.706. The molecule has 3 rings (SSSR count). The van der Waals surface area contributed by atoms with E-state index >= 15 is 0 Å². The van der Waals surface area contributed by atoms with Crippen molar-refractivity contribution in [1.29, 1.82) is 0 Å². The number of benzene rings is 1. The Hall–Kier alpha value is -1.51. The van der Waals surface area contributed by atoms with E-state index in [0.717, 1.165) is 44.6 Å². The van der Waals surface area contributed by atoms with E-state index in [1.165, 1.54) is 18.4 Å². The molecule has 0 bridgehead atoms. The van der Waals surface area contributed by atoms with Gasteiger partial charge >= 0.3 is 6.03 Å². The molecule has 0 aromatic heterocycles. The fourth-order valence-corrected chi connectivity index (χ4v) is 3.42. The average Bonchev–Trinajstić information content (AvgIpc) is 2.69. The van der Waals surface area contributed by atoms with Crippen molar-refractivity contribution in [2.45, 2.75) is 39.0 Å². The number of anilines is 1. The highest BCUT2D eigenvalue weighted by Crippen LogP contribution is 2.28. The maximum atomic E-state index is 12.9.